The van der Waals surface area contributed by atoms with E-state index in [1.807, 2.05) is 24.3 Å². The van der Waals surface area contributed by atoms with Crippen LogP contribution in [0.4, 0.5) is 0 Å². The Morgan fingerprint density at radius 3 is 2.65 bits per heavy atom. The van der Waals surface area contributed by atoms with Gasteiger partial charge in [-0.1, -0.05) is 35.9 Å². The number of ether oxygens (including phenoxy) is 2. The summed E-state index contributed by atoms with van der Waals surface area (Å²) < 4.78 is 11.4. The van der Waals surface area contributed by atoms with Crippen molar-refractivity contribution in [1.29, 1.82) is 0 Å². The molecule has 1 spiro atoms. The number of Topliss-reactive ketones (excluding diaryl/α,β-unsaturated/α-hetero) is 1. The second kappa shape index (κ2) is 4.08. The zero-order chi connectivity index (χ0) is 13.7. The van der Waals surface area contributed by atoms with Gasteiger partial charge in [0, 0.05) is 5.02 Å². The molecule has 4 heteroatoms. The highest BCUT2D eigenvalue weighted by atomic mass is 35.5. The van der Waals surface area contributed by atoms with Gasteiger partial charge in [0.25, 0.3) is 0 Å². The molecule has 2 aliphatic heterocycles. The summed E-state index contributed by atoms with van der Waals surface area (Å²) in [4.78, 5) is 12.6. The van der Waals surface area contributed by atoms with Crippen LogP contribution < -0.4 is 4.74 Å². The van der Waals surface area contributed by atoms with Gasteiger partial charge in [-0.15, -0.1) is 0 Å². The molecule has 1 fully saturated rings. The third kappa shape index (κ3) is 1.60. The number of carbonyl (C=O) groups is 1. The molecule has 2 heterocycles. The SMILES string of the molecule is O=C1c2ccccc2OCC12OC2c1ccc(Cl)cc1. The molecule has 1 saturated heterocycles. The summed E-state index contributed by atoms with van der Waals surface area (Å²) >= 11 is 5.88. The maximum Gasteiger partial charge on any atom is 0.205 e. The summed E-state index contributed by atoms with van der Waals surface area (Å²) in [5.74, 6) is 0.632. The molecule has 2 aromatic rings. The van der Waals surface area contributed by atoms with Crippen molar-refractivity contribution in [3.05, 3.63) is 64.7 Å². The molecule has 2 aliphatic rings. The molecule has 0 N–H and O–H groups in total. The highest BCUT2D eigenvalue weighted by Crippen LogP contribution is 2.54. The predicted octanol–water partition coefficient (Wildman–Crippen LogP) is 3.43. The topological polar surface area (TPSA) is 38.8 Å². The number of rotatable bonds is 1. The molecule has 0 aromatic heterocycles. The summed E-state index contributed by atoms with van der Waals surface area (Å²) in [6.07, 6.45) is -0.249. The predicted molar refractivity (Wildman–Crippen MR) is 74.3 cm³/mol. The number of ketones is 1. The lowest BCUT2D eigenvalue weighted by Gasteiger charge is -2.21. The van der Waals surface area contributed by atoms with E-state index in [4.69, 9.17) is 21.1 Å². The number of epoxide rings is 1. The Balaban J connectivity index is 1.69. The summed E-state index contributed by atoms with van der Waals surface area (Å²) in [6, 6.07) is 14.6. The first kappa shape index (κ1) is 11.9. The van der Waals surface area contributed by atoms with Gasteiger partial charge in [0.15, 0.2) is 5.60 Å². The molecule has 0 radical (unpaired) electrons. The Labute approximate surface area is 121 Å². The molecule has 0 saturated carbocycles. The van der Waals surface area contributed by atoms with Crippen LogP contribution in [0.25, 0.3) is 0 Å². The van der Waals surface area contributed by atoms with Crippen LogP contribution in [0.5, 0.6) is 5.75 Å². The first-order chi connectivity index (χ1) is 9.71. The minimum absolute atomic E-state index is 0.000648. The molecule has 2 atom stereocenters. The van der Waals surface area contributed by atoms with Gasteiger partial charge in [0.1, 0.15) is 18.5 Å². The van der Waals surface area contributed by atoms with E-state index in [-0.39, 0.29) is 18.5 Å². The average Bonchev–Trinajstić information content (AvgIpc) is 3.20. The van der Waals surface area contributed by atoms with Crippen LogP contribution in [0.3, 0.4) is 0 Å². The zero-order valence-electron chi connectivity index (χ0n) is 10.5. The van der Waals surface area contributed by atoms with Gasteiger partial charge in [0.05, 0.1) is 5.56 Å². The van der Waals surface area contributed by atoms with E-state index in [9.17, 15) is 4.79 Å². The minimum atomic E-state index is -0.859. The van der Waals surface area contributed by atoms with Gasteiger partial charge in [-0.05, 0) is 29.8 Å². The van der Waals surface area contributed by atoms with Crippen LogP contribution in [0, 0.1) is 0 Å². The summed E-state index contributed by atoms with van der Waals surface area (Å²) in [7, 11) is 0. The van der Waals surface area contributed by atoms with Crippen molar-refractivity contribution in [2.45, 2.75) is 11.7 Å². The van der Waals surface area contributed by atoms with E-state index < -0.39 is 5.60 Å². The van der Waals surface area contributed by atoms with Crippen molar-refractivity contribution < 1.29 is 14.3 Å². The number of fused-ring (bicyclic) bond motifs is 1. The Kier molecular flexibility index (Phi) is 2.43. The highest BCUT2D eigenvalue weighted by Gasteiger charge is 2.65. The lowest BCUT2D eigenvalue weighted by atomic mass is 9.89. The average molecular weight is 287 g/mol. The van der Waals surface area contributed by atoms with Gasteiger partial charge < -0.3 is 9.47 Å². The van der Waals surface area contributed by atoms with Crippen molar-refractivity contribution in [1.82, 2.24) is 0 Å². The minimum Gasteiger partial charge on any atom is -0.489 e. The Bertz CT molecular complexity index is 695. The molecule has 4 rings (SSSR count). The maximum atomic E-state index is 12.6. The summed E-state index contributed by atoms with van der Waals surface area (Å²) in [5.41, 5.74) is 0.684. The number of hydrogen-bond donors (Lipinski definition) is 0. The molecular formula is C16H11ClO3. The van der Waals surface area contributed by atoms with Crippen molar-refractivity contribution in [3.63, 3.8) is 0 Å². The maximum absolute atomic E-state index is 12.6. The largest absolute Gasteiger partial charge is 0.489 e. The quantitative estimate of drug-likeness (QED) is 0.754. The first-order valence-corrected chi connectivity index (χ1v) is 6.78. The van der Waals surface area contributed by atoms with Crippen molar-refractivity contribution >= 4 is 17.4 Å². The monoisotopic (exact) mass is 286 g/mol. The summed E-state index contributed by atoms with van der Waals surface area (Å²) in [5, 5.41) is 0.667. The molecule has 2 aromatic carbocycles. The van der Waals surface area contributed by atoms with Crippen LogP contribution in [-0.2, 0) is 4.74 Å². The van der Waals surface area contributed by atoms with Gasteiger partial charge in [0.2, 0.25) is 5.78 Å². The molecule has 2 unspecified atom stereocenters. The van der Waals surface area contributed by atoms with E-state index in [2.05, 4.69) is 0 Å². The number of para-hydroxylation sites is 1. The standard InChI is InChI=1S/C16H11ClO3/c17-11-7-5-10(6-8-11)15-16(20-15)9-19-13-4-2-1-3-12(13)14(16)18/h1-8,15H,9H2. The van der Waals surface area contributed by atoms with Crippen LogP contribution in [0.1, 0.15) is 22.0 Å². The molecule has 0 aliphatic carbocycles. The van der Waals surface area contributed by atoms with E-state index in [0.29, 0.717) is 16.3 Å². The van der Waals surface area contributed by atoms with Crippen LogP contribution >= 0.6 is 11.6 Å². The normalized spacial score (nSPS) is 27.1. The molecule has 0 amide bonds. The molecule has 0 bridgehead atoms. The number of halogens is 1. The van der Waals surface area contributed by atoms with E-state index in [1.165, 1.54) is 0 Å². The third-order valence-electron chi connectivity index (χ3n) is 3.83. The fourth-order valence-corrected chi connectivity index (χ4v) is 2.82. The van der Waals surface area contributed by atoms with Crippen LogP contribution in [0.15, 0.2) is 48.5 Å². The zero-order valence-corrected chi connectivity index (χ0v) is 11.3. The van der Waals surface area contributed by atoms with Gasteiger partial charge in [-0.3, -0.25) is 4.79 Å². The van der Waals surface area contributed by atoms with E-state index >= 15 is 0 Å². The van der Waals surface area contributed by atoms with Gasteiger partial charge in [-0.25, -0.2) is 0 Å². The van der Waals surface area contributed by atoms with Crippen molar-refractivity contribution in [2.24, 2.45) is 0 Å². The lowest BCUT2D eigenvalue weighted by Crippen LogP contribution is -2.37. The second-order valence-electron chi connectivity index (χ2n) is 5.05. The fourth-order valence-electron chi connectivity index (χ4n) is 2.69. The number of benzene rings is 2. The van der Waals surface area contributed by atoms with Crippen molar-refractivity contribution in [3.8, 4) is 5.75 Å². The van der Waals surface area contributed by atoms with Crippen molar-refractivity contribution in [2.75, 3.05) is 6.61 Å². The molecule has 3 nitrogen and oxygen atoms in total. The van der Waals surface area contributed by atoms with Gasteiger partial charge in [-0.2, -0.15) is 0 Å². The smallest absolute Gasteiger partial charge is 0.205 e. The van der Waals surface area contributed by atoms with E-state index in [1.54, 1.807) is 24.3 Å². The second-order valence-corrected chi connectivity index (χ2v) is 5.49. The molecular weight excluding hydrogens is 276 g/mol. The lowest BCUT2D eigenvalue weighted by molar-refractivity contribution is 0.0755. The van der Waals surface area contributed by atoms with Crippen LogP contribution in [-0.4, -0.2) is 18.0 Å². The Hall–Kier alpha value is -1.84. The highest BCUT2D eigenvalue weighted by molar-refractivity contribution is 6.30. The molecule has 100 valence electrons. The first-order valence-electron chi connectivity index (χ1n) is 6.41. The number of carbonyl (C=O) groups excluding carboxylic acids is 1. The number of hydrogen-bond acceptors (Lipinski definition) is 3. The van der Waals surface area contributed by atoms with E-state index in [0.717, 1.165) is 5.56 Å². The summed E-state index contributed by atoms with van der Waals surface area (Å²) in [6.45, 7) is 0.260. The molecule has 20 heavy (non-hydrogen) atoms. The Morgan fingerprint density at radius 2 is 1.85 bits per heavy atom. The Morgan fingerprint density at radius 1 is 1.10 bits per heavy atom. The third-order valence-corrected chi connectivity index (χ3v) is 4.08. The van der Waals surface area contributed by atoms with Gasteiger partial charge >= 0.3 is 0 Å². The van der Waals surface area contributed by atoms with Crippen LogP contribution in [0.2, 0.25) is 5.02 Å². The fraction of sp³-hybridized carbons (Fsp3) is 0.188.